The Bertz CT molecular complexity index is 245. The van der Waals surface area contributed by atoms with Crippen LogP contribution in [-0.2, 0) is 0 Å². The van der Waals surface area contributed by atoms with Gasteiger partial charge in [-0.15, -0.1) is 0 Å². The average molecular weight is 209 g/mol. The molecule has 0 atom stereocenters. The van der Waals surface area contributed by atoms with Gasteiger partial charge in [-0.1, -0.05) is 45.1 Å². The molecule has 1 heterocycles. The minimum atomic E-state index is 0.734. The Kier molecular flexibility index (Phi) is 13.6. The molecule has 0 aliphatic heterocycles. The van der Waals surface area contributed by atoms with Crippen LogP contribution < -0.4 is 0 Å². The number of rotatable bonds is 1. The zero-order valence-electron chi connectivity index (χ0n) is 10.6. The summed E-state index contributed by atoms with van der Waals surface area (Å²) in [6, 6.07) is 0. The maximum absolute atomic E-state index is 4.97. The van der Waals surface area contributed by atoms with E-state index in [1.807, 2.05) is 32.9 Å². The first kappa shape index (κ1) is 16.1. The second-order valence-corrected chi connectivity index (χ2v) is 2.96. The van der Waals surface area contributed by atoms with E-state index >= 15 is 0 Å². The number of allylic oxidation sites excluding steroid dienone is 3. The van der Waals surface area contributed by atoms with Gasteiger partial charge < -0.3 is 4.42 Å². The van der Waals surface area contributed by atoms with Gasteiger partial charge in [-0.25, -0.2) is 4.98 Å². The summed E-state index contributed by atoms with van der Waals surface area (Å²) in [7, 11) is 0. The Morgan fingerprint density at radius 1 is 1.40 bits per heavy atom. The van der Waals surface area contributed by atoms with E-state index in [1.165, 1.54) is 6.42 Å². The van der Waals surface area contributed by atoms with Crippen molar-refractivity contribution in [3.8, 4) is 0 Å². The lowest BCUT2D eigenvalue weighted by atomic mass is 10.5. The second kappa shape index (κ2) is 12.7. The number of aromatic nitrogens is 1. The highest BCUT2D eigenvalue weighted by atomic mass is 16.3. The molecule has 0 unspecified atom stereocenters. The van der Waals surface area contributed by atoms with Crippen LogP contribution in [0.15, 0.2) is 35.4 Å². The smallest absolute Gasteiger partial charge is 0.191 e. The predicted octanol–water partition coefficient (Wildman–Crippen LogP) is 4.46. The second-order valence-electron chi connectivity index (χ2n) is 2.96. The van der Waals surface area contributed by atoms with E-state index in [0.717, 1.165) is 11.7 Å². The van der Waals surface area contributed by atoms with Crippen molar-refractivity contribution in [2.75, 3.05) is 0 Å². The highest BCUT2D eigenvalue weighted by Crippen LogP contribution is 1.96. The molecule has 0 aromatic carbocycles. The molecule has 15 heavy (non-hydrogen) atoms. The quantitative estimate of drug-likeness (QED) is 0.638. The van der Waals surface area contributed by atoms with Crippen molar-refractivity contribution >= 4 is 0 Å². The molecule has 1 rings (SSSR count). The van der Waals surface area contributed by atoms with Crippen molar-refractivity contribution in [1.82, 2.24) is 4.98 Å². The maximum Gasteiger partial charge on any atom is 0.191 e. The van der Waals surface area contributed by atoms with Crippen LogP contribution in [-0.4, -0.2) is 4.98 Å². The predicted molar refractivity (Wildman–Crippen MR) is 67.0 cm³/mol. The number of oxazole rings is 1. The van der Waals surface area contributed by atoms with Crippen LogP contribution in [0.3, 0.4) is 0 Å². The van der Waals surface area contributed by atoms with E-state index < -0.39 is 0 Å². The van der Waals surface area contributed by atoms with E-state index in [1.54, 1.807) is 12.3 Å². The van der Waals surface area contributed by atoms with Gasteiger partial charge in [0, 0.05) is 6.92 Å². The van der Waals surface area contributed by atoms with E-state index in [9.17, 15) is 0 Å². The molecule has 2 heteroatoms. The normalized spacial score (nSPS) is 8.60. The third-order valence-electron chi connectivity index (χ3n) is 1.07. The minimum Gasteiger partial charge on any atom is -0.446 e. The van der Waals surface area contributed by atoms with E-state index in [2.05, 4.69) is 25.4 Å². The summed E-state index contributed by atoms with van der Waals surface area (Å²) in [5.74, 6) is 1.61. The molecule has 1 aromatic heterocycles. The van der Waals surface area contributed by atoms with E-state index in [0.29, 0.717) is 0 Å². The molecule has 0 saturated heterocycles. The molecule has 0 aliphatic carbocycles. The third-order valence-corrected chi connectivity index (χ3v) is 1.07. The van der Waals surface area contributed by atoms with Gasteiger partial charge in [0.1, 0.15) is 5.76 Å². The zero-order chi connectivity index (χ0) is 12.1. The highest BCUT2D eigenvalue weighted by Gasteiger charge is 1.87. The highest BCUT2D eigenvalue weighted by molar-refractivity contribution is 4.94. The summed E-state index contributed by atoms with van der Waals surface area (Å²) in [6.45, 7) is 13.4. The first-order valence-electron chi connectivity index (χ1n) is 5.25. The van der Waals surface area contributed by atoms with Crippen molar-refractivity contribution in [2.45, 2.75) is 41.0 Å². The molecule has 1 aromatic rings. The fraction of sp³-hybridized carbons (Fsp3) is 0.462. The maximum atomic E-state index is 4.97. The topological polar surface area (TPSA) is 26.0 Å². The molecule has 0 amide bonds. The molecule has 0 bridgehead atoms. The van der Waals surface area contributed by atoms with Crippen molar-refractivity contribution in [3.05, 3.63) is 42.7 Å². The van der Waals surface area contributed by atoms with Gasteiger partial charge in [0.2, 0.25) is 0 Å². The number of nitrogens with zero attached hydrogens (tertiary/aromatic N) is 1. The van der Waals surface area contributed by atoms with Crippen LogP contribution in [0, 0.1) is 13.8 Å². The largest absolute Gasteiger partial charge is 0.446 e. The molecule has 0 spiro atoms. The molecular weight excluding hydrogens is 186 g/mol. The Morgan fingerprint density at radius 2 is 1.93 bits per heavy atom. The van der Waals surface area contributed by atoms with Crippen LogP contribution in [0.1, 0.15) is 38.8 Å². The average Bonchev–Trinajstić information content (AvgIpc) is 2.54. The van der Waals surface area contributed by atoms with Crippen LogP contribution >= 0.6 is 0 Å². The number of hydrogen-bond donors (Lipinski definition) is 0. The van der Waals surface area contributed by atoms with Gasteiger partial charge in [-0.3, -0.25) is 0 Å². The summed E-state index contributed by atoms with van der Waals surface area (Å²) < 4.78 is 4.97. The summed E-state index contributed by atoms with van der Waals surface area (Å²) in [6.07, 6.45) is 8.53. The lowest BCUT2D eigenvalue weighted by molar-refractivity contribution is 0.494. The van der Waals surface area contributed by atoms with Crippen LogP contribution in [0.25, 0.3) is 0 Å². The van der Waals surface area contributed by atoms with Crippen LogP contribution in [0.4, 0.5) is 0 Å². The Morgan fingerprint density at radius 3 is 2.00 bits per heavy atom. The van der Waals surface area contributed by atoms with Crippen molar-refractivity contribution in [3.63, 3.8) is 0 Å². The first-order valence-corrected chi connectivity index (χ1v) is 5.25. The first-order chi connectivity index (χ1) is 7.12. The third kappa shape index (κ3) is 15.4. The lowest BCUT2D eigenvalue weighted by Crippen LogP contribution is -1.59. The van der Waals surface area contributed by atoms with Crippen molar-refractivity contribution < 1.29 is 4.42 Å². The van der Waals surface area contributed by atoms with E-state index in [4.69, 9.17) is 4.42 Å². The summed E-state index contributed by atoms with van der Waals surface area (Å²) in [5.41, 5.74) is 0. The molecule has 0 radical (unpaired) electrons. The SMILES string of the molecule is C=C/C=C\C.CCC.Cc1cnc(C)o1. The standard InChI is InChI=1S/C5H7NO.C5H8.C3H8/c1-4-3-6-5(2)7-4;1-3-5-4-2;1-3-2/h3H,1-2H3;3-5H,1H2,2H3;3H2,1-2H3/b;5-4-;. The summed E-state index contributed by atoms with van der Waals surface area (Å²) in [5, 5.41) is 0. The fourth-order valence-electron chi connectivity index (χ4n) is 0.604. The van der Waals surface area contributed by atoms with Crippen molar-refractivity contribution in [1.29, 1.82) is 0 Å². The van der Waals surface area contributed by atoms with Gasteiger partial charge >= 0.3 is 0 Å². The fourth-order valence-corrected chi connectivity index (χ4v) is 0.604. The van der Waals surface area contributed by atoms with Crippen LogP contribution in [0.2, 0.25) is 0 Å². The molecule has 86 valence electrons. The molecule has 0 aliphatic rings. The van der Waals surface area contributed by atoms with Gasteiger partial charge in [-0.05, 0) is 13.8 Å². The lowest BCUT2D eigenvalue weighted by Gasteiger charge is -1.73. The molecule has 0 N–H and O–H groups in total. The number of hydrogen-bond acceptors (Lipinski definition) is 2. The van der Waals surface area contributed by atoms with Gasteiger partial charge in [0.05, 0.1) is 6.20 Å². The Hall–Kier alpha value is -1.31. The molecule has 2 nitrogen and oxygen atoms in total. The van der Waals surface area contributed by atoms with Gasteiger partial charge in [-0.2, -0.15) is 0 Å². The van der Waals surface area contributed by atoms with E-state index in [-0.39, 0.29) is 0 Å². The number of aryl methyl sites for hydroxylation is 2. The van der Waals surface area contributed by atoms with Crippen LogP contribution in [0.5, 0.6) is 0 Å². The molecule has 0 saturated carbocycles. The summed E-state index contributed by atoms with van der Waals surface area (Å²) in [4.78, 5) is 3.85. The van der Waals surface area contributed by atoms with Gasteiger partial charge in [0.15, 0.2) is 5.89 Å². The molecule has 0 fully saturated rings. The monoisotopic (exact) mass is 209 g/mol. The Balaban J connectivity index is 0. The minimum absolute atomic E-state index is 0.734. The van der Waals surface area contributed by atoms with Crippen molar-refractivity contribution in [2.24, 2.45) is 0 Å². The summed E-state index contributed by atoms with van der Waals surface area (Å²) >= 11 is 0. The van der Waals surface area contributed by atoms with Gasteiger partial charge in [0.25, 0.3) is 0 Å². The molecular formula is C13H23NO. The zero-order valence-corrected chi connectivity index (χ0v) is 10.6. The Labute approximate surface area is 93.7 Å².